The van der Waals surface area contributed by atoms with E-state index in [1.807, 2.05) is 38.1 Å². The molecule has 0 unspecified atom stereocenters. The van der Waals surface area contributed by atoms with Gasteiger partial charge in [-0.05, 0) is 38.1 Å². The Labute approximate surface area is 184 Å². The van der Waals surface area contributed by atoms with Crippen LogP contribution in [0.2, 0.25) is 0 Å². The summed E-state index contributed by atoms with van der Waals surface area (Å²) >= 11 is 0. The molecule has 0 aliphatic carbocycles. The minimum Gasteiger partial charge on any atom is -0.490 e. The highest BCUT2D eigenvalue weighted by atomic mass is 16.6. The van der Waals surface area contributed by atoms with Crippen molar-refractivity contribution in [3.63, 3.8) is 0 Å². The van der Waals surface area contributed by atoms with Crippen LogP contribution >= 0.6 is 0 Å². The molecule has 0 bridgehead atoms. The smallest absolute Gasteiger partial charge is 0.137 e. The summed E-state index contributed by atoms with van der Waals surface area (Å²) in [5.74, 6) is 1.40. The average Bonchev–Trinajstić information content (AvgIpc) is 2.77. The molecule has 2 aromatic rings. The second kappa shape index (κ2) is 14.7. The molecule has 172 valence electrons. The van der Waals surface area contributed by atoms with Gasteiger partial charge in [0.2, 0.25) is 0 Å². The standard InChI is InChI=1S/C22H34N4O5/c1-17(23)21-5-3-19(15-25-21)30-13-11-28-9-7-27-8-10-29-12-14-31-20-4-6-22(18(2)24)26-16-20/h3-6,15-18H,7-14,23-24H2,1-2H3/t17-,18-/m0/s1. The molecule has 0 radical (unpaired) electrons. The quantitative estimate of drug-likeness (QED) is 0.382. The number of hydrogen-bond donors (Lipinski definition) is 2. The zero-order valence-corrected chi connectivity index (χ0v) is 18.4. The van der Waals surface area contributed by atoms with Crippen LogP contribution in [0.3, 0.4) is 0 Å². The first-order valence-electron chi connectivity index (χ1n) is 10.5. The molecular formula is C22H34N4O5. The van der Waals surface area contributed by atoms with Crippen molar-refractivity contribution in [2.75, 3.05) is 52.9 Å². The summed E-state index contributed by atoms with van der Waals surface area (Å²) in [6, 6.07) is 7.26. The Balaban J connectivity index is 1.36. The molecule has 2 rings (SSSR count). The summed E-state index contributed by atoms with van der Waals surface area (Å²) in [4.78, 5) is 8.48. The summed E-state index contributed by atoms with van der Waals surface area (Å²) in [6.07, 6.45) is 3.34. The van der Waals surface area contributed by atoms with Crippen LogP contribution in [0.1, 0.15) is 37.3 Å². The first-order valence-corrected chi connectivity index (χ1v) is 10.5. The van der Waals surface area contributed by atoms with Crippen molar-refractivity contribution in [3.8, 4) is 11.5 Å². The zero-order chi connectivity index (χ0) is 22.3. The largest absolute Gasteiger partial charge is 0.490 e. The summed E-state index contributed by atoms with van der Waals surface area (Å²) in [5.41, 5.74) is 13.2. The van der Waals surface area contributed by atoms with E-state index in [2.05, 4.69) is 9.97 Å². The van der Waals surface area contributed by atoms with Crippen molar-refractivity contribution >= 4 is 0 Å². The Bertz CT molecular complexity index is 649. The van der Waals surface area contributed by atoms with Gasteiger partial charge in [-0.3, -0.25) is 9.97 Å². The highest BCUT2D eigenvalue weighted by molar-refractivity contribution is 5.21. The van der Waals surface area contributed by atoms with Crippen molar-refractivity contribution in [3.05, 3.63) is 48.0 Å². The third-order valence-electron chi connectivity index (χ3n) is 4.19. The SMILES string of the molecule is C[C@H](N)c1ccc(OCCOCCOCCOCCOc2ccc([C@H](C)N)nc2)cn1. The first-order chi connectivity index (χ1) is 15.1. The van der Waals surface area contributed by atoms with E-state index in [1.54, 1.807) is 12.4 Å². The molecule has 2 heterocycles. The van der Waals surface area contributed by atoms with Gasteiger partial charge in [0, 0.05) is 12.1 Å². The van der Waals surface area contributed by atoms with Gasteiger partial charge in [0.25, 0.3) is 0 Å². The molecule has 31 heavy (non-hydrogen) atoms. The zero-order valence-electron chi connectivity index (χ0n) is 18.4. The molecule has 9 nitrogen and oxygen atoms in total. The van der Waals surface area contributed by atoms with E-state index in [9.17, 15) is 0 Å². The maximum absolute atomic E-state index is 5.76. The third-order valence-corrected chi connectivity index (χ3v) is 4.19. The van der Waals surface area contributed by atoms with Crippen LogP contribution in [0.5, 0.6) is 11.5 Å². The molecule has 0 fully saturated rings. The normalized spacial score (nSPS) is 13.0. The number of pyridine rings is 2. The predicted octanol–water partition coefficient (Wildman–Crippen LogP) is 2.02. The van der Waals surface area contributed by atoms with Gasteiger partial charge in [0.1, 0.15) is 24.7 Å². The van der Waals surface area contributed by atoms with Crippen molar-refractivity contribution in [2.24, 2.45) is 11.5 Å². The number of nitrogens with two attached hydrogens (primary N) is 2. The van der Waals surface area contributed by atoms with Crippen LogP contribution < -0.4 is 20.9 Å². The number of ether oxygens (including phenoxy) is 5. The van der Waals surface area contributed by atoms with Crippen LogP contribution in [0, 0.1) is 0 Å². The number of rotatable bonds is 16. The van der Waals surface area contributed by atoms with Crippen molar-refractivity contribution in [2.45, 2.75) is 25.9 Å². The highest BCUT2D eigenvalue weighted by Gasteiger charge is 2.02. The van der Waals surface area contributed by atoms with E-state index in [-0.39, 0.29) is 12.1 Å². The topological polar surface area (TPSA) is 124 Å². The van der Waals surface area contributed by atoms with Gasteiger partial charge in [-0.1, -0.05) is 0 Å². The van der Waals surface area contributed by atoms with Crippen LogP contribution in [0.4, 0.5) is 0 Å². The Hall–Kier alpha value is -2.30. The van der Waals surface area contributed by atoms with E-state index >= 15 is 0 Å². The molecule has 4 N–H and O–H groups in total. The van der Waals surface area contributed by atoms with Gasteiger partial charge < -0.3 is 35.2 Å². The van der Waals surface area contributed by atoms with Gasteiger partial charge in [-0.2, -0.15) is 0 Å². The van der Waals surface area contributed by atoms with Crippen molar-refractivity contribution in [1.82, 2.24) is 9.97 Å². The number of hydrogen-bond acceptors (Lipinski definition) is 9. The summed E-state index contributed by atoms with van der Waals surface area (Å²) in [5, 5.41) is 0. The lowest BCUT2D eigenvalue weighted by Gasteiger charge is -2.10. The molecule has 2 atom stereocenters. The first kappa shape index (κ1) is 25.0. The van der Waals surface area contributed by atoms with Crippen LogP contribution in [0.15, 0.2) is 36.7 Å². The number of nitrogens with zero attached hydrogens (tertiary/aromatic N) is 2. The van der Waals surface area contributed by atoms with E-state index in [0.29, 0.717) is 64.4 Å². The lowest BCUT2D eigenvalue weighted by Crippen LogP contribution is -2.14. The predicted molar refractivity (Wildman–Crippen MR) is 117 cm³/mol. The Morgan fingerprint density at radius 2 is 0.968 bits per heavy atom. The molecule has 0 saturated heterocycles. The third kappa shape index (κ3) is 10.5. The molecule has 9 heteroatoms. The van der Waals surface area contributed by atoms with Gasteiger partial charge in [0.05, 0.1) is 63.4 Å². The molecule has 2 aromatic heterocycles. The van der Waals surface area contributed by atoms with E-state index < -0.39 is 0 Å². The fraction of sp³-hybridized carbons (Fsp3) is 0.545. The van der Waals surface area contributed by atoms with Crippen molar-refractivity contribution in [1.29, 1.82) is 0 Å². The molecule has 0 aliphatic heterocycles. The molecule has 0 aliphatic rings. The van der Waals surface area contributed by atoms with Gasteiger partial charge >= 0.3 is 0 Å². The Kier molecular flexibility index (Phi) is 11.8. The summed E-state index contributed by atoms with van der Waals surface area (Å²) in [7, 11) is 0. The van der Waals surface area contributed by atoms with Gasteiger partial charge in [-0.25, -0.2) is 0 Å². The lowest BCUT2D eigenvalue weighted by molar-refractivity contribution is 0.00496. The van der Waals surface area contributed by atoms with Crippen LogP contribution in [-0.2, 0) is 14.2 Å². The molecule has 0 spiro atoms. The van der Waals surface area contributed by atoms with E-state index in [1.165, 1.54) is 0 Å². The van der Waals surface area contributed by atoms with E-state index in [0.717, 1.165) is 11.4 Å². The monoisotopic (exact) mass is 434 g/mol. The maximum Gasteiger partial charge on any atom is 0.137 e. The molecular weight excluding hydrogens is 400 g/mol. The fourth-order valence-corrected chi connectivity index (χ4v) is 2.47. The van der Waals surface area contributed by atoms with Crippen molar-refractivity contribution < 1.29 is 23.7 Å². The molecule has 0 aromatic carbocycles. The van der Waals surface area contributed by atoms with Crippen LogP contribution in [-0.4, -0.2) is 62.8 Å². The van der Waals surface area contributed by atoms with Crippen LogP contribution in [0.25, 0.3) is 0 Å². The maximum atomic E-state index is 5.76. The van der Waals surface area contributed by atoms with E-state index in [4.69, 9.17) is 35.2 Å². The number of aromatic nitrogens is 2. The minimum atomic E-state index is -0.0857. The fourth-order valence-electron chi connectivity index (χ4n) is 2.47. The Morgan fingerprint density at radius 3 is 1.26 bits per heavy atom. The highest BCUT2D eigenvalue weighted by Crippen LogP contribution is 2.13. The summed E-state index contributed by atoms with van der Waals surface area (Å²) in [6.45, 7) is 7.64. The van der Waals surface area contributed by atoms with Gasteiger partial charge in [-0.15, -0.1) is 0 Å². The average molecular weight is 435 g/mol. The lowest BCUT2D eigenvalue weighted by atomic mass is 10.2. The second-order valence-electron chi connectivity index (χ2n) is 6.95. The Morgan fingerprint density at radius 1 is 0.613 bits per heavy atom. The summed E-state index contributed by atoms with van der Waals surface area (Å²) < 4.78 is 27.5. The second-order valence-corrected chi connectivity index (χ2v) is 6.95. The van der Waals surface area contributed by atoms with Gasteiger partial charge in [0.15, 0.2) is 0 Å². The molecule has 0 amide bonds. The minimum absolute atomic E-state index is 0.0857. The molecule has 0 saturated carbocycles.